The number of rotatable bonds is 3. The van der Waals surface area contributed by atoms with E-state index >= 15 is 0 Å². The molecule has 0 saturated carbocycles. The van der Waals surface area contributed by atoms with E-state index in [0.29, 0.717) is 18.9 Å². The quantitative estimate of drug-likeness (QED) is 0.557. The lowest BCUT2D eigenvalue weighted by Gasteiger charge is -2.01. The van der Waals surface area contributed by atoms with Crippen LogP contribution in [0, 0.1) is 4.91 Å². The van der Waals surface area contributed by atoms with Crippen molar-refractivity contribution in [2.75, 3.05) is 13.2 Å². The summed E-state index contributed by atoms with van der Waals surface area (Å²) in [6.45, 7) is 0.740. The first-order valence-electron chi connectivity index (χ1n) is 4.21. The van der Waals surface area contributed by atoms with Crippen LogP contribution in [0.1, 0.15) is 5.76 Å². The third-order valence-corrected chi connectivity index (χ3v) is 1.77. The summed E-state index contributed by atoms with van der Waals surface area (Å²) in [6, 6.07) is 2.94. The summed E-state index contributed by atoms with van der Waals surface area (Å²) in [4.78, 5) is 21.0. The van der Waals surface area contributed by atoms with Crippen molar-refractivity contribution in [3.8, 4) is 0 Å². The first kappa shape index (κ1) is 9.38. The van der Waals surface area contributed by atoms with Gasteiger partial charge >= 0.3 is 6.09 Å². The van der Waals surface area contributed by atoms with E-state index in [1.807, 2.05) is 0 Å². The molecule has 1 fully saturated rings. The van der Waals surface area contributed by atoms with Crippen molar-refractivity contribution in [3.63, 3.8) is 0 Å². The molecule has 0 atom stereocenters. The SMILES string of the molecule is O=Nc1ccc(/C=N/N2CCOC2=O)o1. The fourth-order valence-electron chi connectivity index (χ4n) is 1.08. The maximum absolute atomic E-state index is 10.9. The molecular weight excluding hydrogens is 202 g/mol. The average molecular weight is 209 g/mol. The molecule has 1 aromatic rings. The van der Waals surface area contributed by atoms with E-state index in [9.17, 15) is 9.70 Å². The Labute approximate surface area is 84.3 Å². The molecule has 1 aliphatic rings. The molecule has 2 rings (SSSR count). The molecule has 1 saturated heterocycles. The third kappa shape index (κ3) is 2.01. The average Bonchev–Trinajstić information content (AvgIpc) is 2.84. The minimum Gasteiger partial charge on any atom is -0.446 e. The standard InChI is InChI=1S/C8H7N3O4/c12-8-11(3-4-14-8)9-5-6-1-2-7(10-13)15-6/h1-2,5H,3-4H2/b9-5+. The Bertz CT molecular complexity index is 412. The second-order valence-corrected chi connectivity index (χ2v) is 2.75. The zero-order valence-corrected chi connectivity index (χ0v) is 7.62. The number of carbonyl (C=O) groups is 1. The molecule has 78 valence electrons. The Balaban J connectivity index is 2.04. The summed E-state index contributed by atoms with van der Waals surface area (Å²) in [5.41, 5.74) is 0. The lowest BCUT2D eigenvalue weighted by molar-refractivity contribution is 0.159. The van der Waals surface area contributed by atoms with Gasteiger partial charge in [-0.25, -0.2) is 4.79 Å². The summed E-state index contributed by atoms with van der Waals surface area (Å²) >= 11 is 0. The molecule has 1 amide bonds. The molecule has 0 N–H and O–H groups in total. The largest absolute Gasteiger partial charge is 0.446 e. The molecule has 0 spiro atoms. The Hall–Kier alpha value is -2.18. The summed E-state index contributed by atoms with van der Waals surface area (Å²) in [7, 11) is 0. The fourth-order valence-corrected chi connectivity index (χ4v) is 1.08. The molecule has 7 heteroatoms. The predicted molar refractivity (Wildman–Crippen MR) is 49.8 cm³/mol. The molecule has 1 aromatic heterocycles. The molecule has 0 bridgehead atoms. The molecule has 7 nitrogen and oxygen atoms in total. The van der Waals surface area contributed by atoms with E-state index in [0.717, 1.165) is 5.01 Å². The van der Waals surface area contributed by atoms with Gasteiger partial charge in [-0.2, -0.15) is 10.1 Å². The minimum atomic E-state index is -0.494. The molecule has 0 aromatic carbocycles. The summed E-state index contributed by atoms with van der Waals surface area (Å²) < 4.78 is 9.57. The smallest absolute Gasteiger partial charge is 0.430 e. The van der Waals surface area contributed by atoms with Crippen LogP contribution in [0.3, 0.4) is 0 Å². The summed E-state index contributed by atoms with van der Waals surface area (Å²) in [5, 5.41) is 7.58. The Kier molecular flexibility index (Phi) is 2.44. The number of hydrogen-bond acceptors (Lipinski definition) is 6. The molecule has 0 unspecified atom stereocenters. The van der Waals surface area contributed by atoms with Gasteiger partial charge in [0.2, 0.25) is 0 Å². The lowest BCUT2D eigenvalue weighted by Crippen LogP contribution is -2.17. The van der Waals surface area contributed by atoms with Crippen molar-refractivity contribution in [1.29, 1.82) is 0 Å². The minimum absolute atomic E-state index is 0.0274. The summed E-state index contributed by atoms with van der Waals surface area (Å²) in [5.74, 6) is 0.324. The zero-order chi connectivity index (χ0) is 10.7. The van der Waals surface area contributed by atoms with Gasteiger partial charge in [0.1, 0.15) is 12.4 Å². The molecule has 2 heterocycles. The number of hydrogen-bond donors (Lipinski definition) is 0. The Morgan fingerprint density at radius 3 is 2.93 bits per heavy atom. The van der Waals surface area contributed by atoms with Crippen LogP contribution in [-0.4, -0.2) is 30.5 Å². The van der Waals surface area contributed by atoms with Crippen LogP contribution < -0.4 is 0 Å². The highest BCUT2D eigenvalue weighted by atomic mass is 16.6. The number of ether oxygens (including phenoxy) is 1. The predicted octanol–water partition coefficient (Wildman–Crippen LogP) is 1.46. The Morgan fingerprint density at radius 1 is 1.47 bits per heavy atom. The van der Waals surface area contributed by atoms with Gasteiger partial charge in [-0.3, -0.25) is 0 Å². The number of amides is 1. The molecule has 1 aliphatic heterocycles. The van der Waals surface area contributed by atoms with E-state index in [2.05, 4.69) is 15.0 Å². The van der Waals surface area contributed by atoms with E-state index in [-0.39, 0.29) is 5.88 Å². The van der Waals surface area contributed by atoms with Gasteiger partial charge in [0.15, 0.2) is 0 Å². The van der Waals surface area contributed by atoms with Gasteiger partial charge < -0.3 is 9.15 Å². The van der Waals surface area contributed by atoms with E-state index < -0.39 is 6.09 Å². The fraction of sp³-hybridized carbons (Fsp3) is 0.250. The number of cyclic esters (lactones) is 1. The number of furan rings is 1. The highest BCUT2D eigenvalue weighted by Crippen LogP contribution is 2.14. The zero-order valence-electron chi connectivity index (χ0n) is 7.62. The monoisotopic (exact) mass is 209 g/mol. The molecule has 15 heavy (non-hydrogen) atoms. The maximum Gasteiger partial charge on any atom is 0.430 e. The van der Waals surface area contributed by atoms with Gasteiger partial charge in [-0.15, -0.1) is 4.91 Å². The first-order valence-corrected chi connectivity index (χ1v) is 4.21. The van der Waals surface area contributed by atoms with Crippen molar-refractivity contribution in [2.24, 2.45) is 10.3 Å². The van der Waals surface area contributed by atoms with Crippen molar-refractivity contribution >= 4 is 18.2 Å². The van der Waals surface area contributed by atoms with E-state index in [1.165, 1.54) is 18.3 Å². The molecule has 0 aliphatic carbocycles. The van der Waals surface area contributed by atoms with Crippen LogP contribution in [0.5, 0.6) is 0 Å². The van der Waals surface area contributed by atoms with Crippen LogP contribution in [0.4, 0.5) is 10.7 Å². The molecule has 0 radical (unpaired) electrons. The lowest BCUT2D eigenvalue weighted by atomic mass is 10.5. The second-order valence-electron chi connectivity index (χ2n) is 2.75. The number of nitroso groups, excluding NO2 is 1. The van der Waals surface area contributed by atoms with Gasteiger partial charge in [-0.05, 0) is 6.07 Å². The van der Waals surface area contributed by atoms with Gasteiger partial charge in [0.05, 0.1) is 12.8 Å². The normalized spacial score (nSPS) is 16.0. The number of hydrazone groups is 1. The van der Waals surface area contributed by atoms with Crippen molar-refractivity contribution in [1.82, 2.24) is 5.01 Å². The highest BCUT2D eigenvalue weighted by Gasteiger charge is 2.20. The van der Waals surface area contributed by atoms with Gasteiger partial charge in [0, 0.05) is 11.2 Å². The summed E-state index contributed by atoms with van der Waals surface area (Å²) in [6.07, 6.45) is 0.827. The van der Waals surface area contributed by atoms with E-state index in [1.54, 1.807) is 0 Å². The van der Waals surface area contributed by atoms with Crippen molar-refractivity contribution < 1.29 is 13.9 Å². The first-order chi connectivity index (χ1) is 7.29. The highest BCUT2D eigenvalue weighted by molar-refractivity contribution is 5.78. The van der Waals surface area contributed by atoms with Crippen molar-refractivity contribution in [3.05, 3.63) is 22.8 Å². The number of nitrogens with zero attached hydrogens (tertiary/aromatic N) is 3. The number of carbonyl (C=O) groups excluding carboxylic acids is 1. The van der Waals surface area contributed by atoms with Crippen LogP contribution in [0.15, 0.2) is 26.8 Å². The van der Waals surface area contributed by atoms with Crippen LogP contribution in [-0.2, 0) is 4.74 Å². The Morgan fingerprint density at radius 2 is 2.33 bits per heavy atom. The van der Waals surface area contributed by atoms with Crippen molar-refractivity contribution in [2.45, 2.75) is 0 Å². The van der Waals surface area contributed by atoms with Gasteiger partial charge in [-0.1, -0.05) is 0 Å². The van der Waals surface area contributed by atoms with Gasteiger partial charge in [0.25, 0.3) is 5.88 Å². The second kappa shape index (κ2) is 3.91. The van der Waals surface area contributed by atoms with Crippen LogP contribution in [0.25, 0.3) is 0 Å². The third-order valence-electron chi connectivity index (χ3n) is 1.77. The topological polar surface area (TPSA) is 84.5 Å². The molecular formula is C8H7N3O4. The maximum atomic E-state index is 10.9. The van der Waals surface area contributed by atoms with Crippen LogP contribution >= 0.6 is 0 Å². The van der Waals surface area contributed by atoms with E-state index in [4.69, 9.17) is 4.42 Å². The van der Waals surface area contributed by atoms with Crippen LogP contribution in [0.2, 0.25) is 0 Å².